The second-order valence-electron chi connectivity index (χ2n) is 4.35. The highest BCUT2D eigenvalue weighted by Crippen LogP contribution is 2.28. The van der Waals surface area contributed by atoms with Crippen molar-refractivity contribution in [3.63, 3.8) is 0 Å². The van der Waals surface area contributed by atoms with E-state index in [9.17, 15) is 9.50 Å². The molecule has 0 aliphatic rings. The normalized spacial score (nSPS) is 10.3. The molecule has 0 amide bonds. The van der Waals surface area contributed by atoms with Crippen molar-refractivity contribution in [1.82, 2.24) is 0 Å². The maximum absolute atomic E-state index is 13.2. The third-order valence-electron chi connectivity index (χ3n) is 2.86. The lowest BCUT2D eigenvalue weighted by atomic mass is 10.2. The van der Waals surface area contributed by atoms with Gasteiger partial charge in [0.25, 0.3) is 0 Å². The van der Waals surface area contributed by atoms with Crippen LogP contribution in [-0.2, 0) is 6.54 Å². The van der Waals surface area contributed by atoms with Crippen molar-refractivity contribution in [1.29, 1.82) is 0 Å². The van der Waals surface area contributed by atoms with Crippen LogP contribution >= 0.6 is 0 Å². The van der Waals surface area contributed by atoms with Crippen LogP contribution in [0.5, 0.6) is 11.5 Å². The van der Waals surface area contributed by atoms with Crippen LogP contribution in [0, 0.1) is 5.82 Å². The molecule has 0 spiro atoms. The Bertz CT molecular complexity index is 552. The predicted molar refractivity (Wildman–Crippen MR) is 73.2 cm³/mol. The average Bonchev–Trinajstić information content (AvgIpc) is 2.37. The minimum atomic E-state index is -0.441. The van der Waals surface area contributed by atoms with Crippen LogP contribution in [0.2, 0.25) is 0 Å². The second kappa shape index (κ2) is 5.61. The van der Waals surface area contributed by atoms with E-state index in [2.05, 4.69) is 0 Å². The number of ether oxygens (including phenoxy) is 1. The van der Waals surface area contributed by atoms with Crippen molar-refractivity contribution in [2.24, 2.45) is 0 Å². The third kappa shape index (κ3) is 3.16. The molecule has 1 N–H and O–H groups in total. The molecule has 3 nitrogen and oxygen atoms in total. The van der Waals surface area contributed by atoms with Gasteiger partial charge >= 0.3 is 0 Å². The SMILES string of the molecule is COc1ccccc1N(C)Cc1cc(O)cc(F)c1. The molecule has 0 unspecified atom stereocenters. The van der Waals surface area contributed by atoms with Gasteiger partial charge in [0.05, 0.1) is 12.8 Å². The number of phenols is 1. The summed E-state index contributed by atoms with van der Waals surface area (Å²) >= 11 is 0. The maximum Gasteiger partial charge on any atom is 0.142 e. The zero-order valence-corrected chi connectivity index (χ0v) is 10.9. The van der Waals surface area contributed by atoms with E-state index in [4.69, 9.17) is 4.74 Å². The van der Waals surface area contributed by atoms with Crippen molar-refractivity contribution in [3.8, 4) is 11.5 Å². The van der Waals surface area contributed by atoms with Crippen LogP contribution in [0.4, 0.5) is 10.1 Å². The number of hydrogen-bond donors (Lipinski definition) is 1. The van der Waals surface area contributed by atoms with Crippen LogP contribution in [0.1, 0.15) is 5.56 Å². The number of nitrogens with zero attached hydrogens (tertiary/aromatic N) is 1. The fraction of sp³-hybridized carbons (Fsp3) is 0.200. The van der Waals surface area contributed by atoms with E-state index in [-0.39, 0.29) is 5.75 Å². The smallest absolute Gasteiger partial charge is 0.142 e. The lowest BCUT2D eigenvalue weighted by Crippen LogP contribution is -2.17. The van der Waals surface area contributed by atoms with Gasteiger partial charge < -0.3 is 14.7 Å². The molecule has 0 fully saturated rings. The number of aromatic hydroxyl groups is 1. The summed E-state index contributed by atoms with van der Waals surface area (Å²) in [5, 5.41) is 9.39. The summed E-state index contributed by atoms with van der Waals surface area (Å²) < 4.78 is 18.5. The van der Waals surface area contributed by atoms with Crippen molar-refractivity contribution < 1.29 is 14.2 Å². The van der Waals surface area contributed by atoms with Gasteiger partial charge in [0.1, 0.15) is 17.3 Å². The van der Waals surface area contributed by atoms with Gasteiger partial charge in [-0.05, 0) is 29.8 Å². The number of methoxy groups -OCH3 is 1. The van der Waals surface area contributed by atoms with E-state index < -0.39 is 5.82 Å². The van der Waals surface area contributed by atoms with Gasteiger partial charge in [-0.25, -0.2) is 4.39 Å². The van der Waals surface area contributed by atoms with E-state index in [0.717, 1.165) is 17.5 Å². The molecule has 2 aromatic rings. The van der Waals surface area contributed by atoms with E-state index >= 15 is 0 Å². The molecular formula is C15H16FNO2. The Morgan fingerprint density at radius 2 is 1.95 bits per heavy atom. The Kier molecular flexibility index (Phi) is 3.90. The molecule has 100 valence electrons. The largest absolute Gasteiger partial charge is 0.508 e. The van der Waals surface area contributed by atoms with Crippen molar-refractivity contribution in [2.75, 3.05) is 19.1 Å². The fourth-order valence-electron chi connectivity index (χ4n) is 2.03. The first kappa shape index (κ1) is 13.2. The number of hydrogen-bond acceptors (Lipinski definition) is 3. The van der Waals surface area contributed by atoms with Crippen LogP contribution in [0.3, 0.4) is 0 Å². The standard InChI is InChI=1S/C15H16FNO2/c1-17(14-5-3-4-6-15(14)19-2)10-11-7-12(16)9-13(18)8-11/h3-9,18H,10H2,1-2H3. The number of halogens is 1. The Labute approximate surface area is 111 Å². The molecule has 0 saturated heterocycles. The highest BCUT2D eigenvalue weighted by Gasteiger charge is 2.09. The molecule has 0 aromatic heterocycles. The zero-order valence-electron chi connectivity index (χ0n) is 10.9. The molecule has 4 heteroatoms. The van der Waals surface area contributed by atoms with Gasteiger partial charge in [-0.15, -0.1) is 0 Å². The van der Waals surface area contributed by atoms with Crippen LogP contribution in [-0.4, -0.2) is 19.3 Å². The summed E-state index contributed by atoms with van der Waals surface area (Å²) in [6.45, 7) is 0.478. The van der Waals surface area contributed by atoms with Crippen molar-refractivity contribution in [2.45, 2.75) is 6.54 Å². The summed E-state index contributed by atoms with van der Waals surface area (Å²) in [4.78, 5) is 1.94. The third-order valence-corrected chi connectivity index (χ3v) is 2.86. The monoisotopic (exact) mass is 261 g/mol. The number of phenolic OH excluding ortho intramolecular Hbond substituents is 1. The molecule has 0 aliphatic heterocycles. The summed E-state index contributed by atoms with van der Waals surface area (Å²) in [6.07, 6.45) is 0. The van der Waals surface area contributed by atoms with Crippen LogP contribution < -0.4 is 9.64 Å². The molecule has 19 heavy (non-hydrogen) atoms. The van der Waals surface area contributed by atoms with E-state index in [1.807, 2.05) is 36.2 Å². The topological polar surface area (TPSA) is 32.7 Å². The highest BCUT2D eigenvalue weighted by atomic mass is 19.1. The summed E-state index contributed by atoms with van der Waals surface area (Å²) in [7, 11) is 3.50. The van der Waals surface area contributed by atoms with Gasteiger partial charge in [-0.1, -0.05) is 12.1 Å². The summed E-state index contributed by atoms with van der Waals surface area (Å²) in [6, 6.07) is 11.7. The lowest BCUT2D eigenvalue weighted by Gasteiger charge is -2.21. The molecule has 0 saturated carbocycles. The highest BCUT2D eigenvalue weighted by molar-refractivity contribution is 5.58. The van der Waals surface area contributed by atoms with Crippen molar-refractivity contribution in [3.05, 3.63) is 53.8 Å². The second-order valence-corrected chi connectivity index (χ2v) is 4.35. The molecule has 0 heterocycles. The lowest BCUT2D eigenvalue weighted by molar-refractivity contribution is 0.415. The number of anilines is 1. The minimum Gasteiger partial charge on any atom is -0.508 e. The Morgan fingerprint density at radius 1 is 1.21 bits per heavy atom. The van der Waals surface area contributed by atoms with Crippen LogP contribution in [0.15, 0.2) is 42.5 Å². The minimum absolute atomic E-state index is 0.0663. The van der Waals surface area contributed by atoms with Gasteiger partial charge in [0, 0.05) is 19.7 Å². The number of rotatable bonds is 4. The first-order valence-corrected chi connectivity index (χ1v) is 5.92. The Balaban J connectivity index is 2.22. The van der Waals surface area contributed by atoms with E-state index in [1.165, 1.54) is 6.07 Å². The van der Waals surface area contributed by atoms with Gasteiger partial charge in [0.2, 0.25) is 0 Å². The number of benzene rings is 2. The van der Waals surface area contributed by atoms with Gasteiger partial charge in [0.15, 0.2) is 0 Å². The molecule has 0 bridgehead atoms. The van der Waals surface area contributed by atoms with Gasteiger partial charge in [-0.3, -0.25) is 0 Å². The van der Waals surface area contributed by atoms with E-state index in [0.29, 0.717) is 12.1 Å². The number of para-hydroxylation sites is 2. The van der Waals surface area contributed by atoms with Gasteiger partial charge in [-0.2, -0.15) is 0 Å². The average molecular weight is 261 g/mol. The van der Waals surface area contributed by atoms with Crippen molar-refractivity contribution >= 4 is 5.69 Å². The summed E-state index contributed by atoms with van der Waals surface area (Å²) in [5.41, 5.74) is 1.61. The molecule has 0 aliphatic carbocycles. The molecule has 2 aromatic carbocycles. The summed E-state index contributed by atoms with van der Waals surface area (Å²) in [5.74, 6) is 0.248. The Hall–Kier alpha value is -2.23. The molecule has 0 radical (unpaired) electrons. The first-order chi connectivity index (χ1) is 9.10. The predicted octanol–water partition coefficient (Wildman–Crippen LogP) is 3.18. The molecule has 0 atom stereocenters. The van der Waals surface area contributed by atoms with E-state index in [1.54, 1.807) is 13.2 Å². The molecule has 2 rings (SSSR count). The zero-order chi connectivity index (χ0) is 13.8. The molecular weight excluding hydrogens is 245 g/mol. The Morgan fingerprint density at radius 3 is 2.63 bits per heavy atom. The maximum atomic E-state index is 13.2. The quantitative estimate of drug-likeness (QED) is 0.917. The first-order valence-electron chi connectivity index (χ1n) is 5.92. The fourth-order valence-corrected chi connectivity index (χ4v) is 2.03. The van der Waals surface area contributed by atoms with Crippen LogP contribution in [0.25, 0.3) is 0 Å².